The standard InChI is InChI=1S/C20H24N/c1-21(2,3)13-7-12-16-10-6-11-19-14-17-8-4-5-9-18(17)15-20(16)19/h4-6,8-11,14-15H,7,12-13H2,1-3H3/q+1. The molecule has 0 N–H and O–H groups in total. The molecule has 0 heterocycles. The molecule has 0 saturated carbocycles. The van der Waals surface area contributed by atoms with Crippen molar-refractivity contribution in [3.8, 4) is 0 Å². The van der Waals surface area contributed by atoms with E-state index in [1.165, 1.54) is 40.1 Å². The average Bonchev–Trinajstić information content (AvgIpc) is 2.44. The lowest BCUT2D eigenvalue weighted by atomic mass is 9.97. The predicted molar refractivity (Wildman–Crippen MR) is 92.7 cm³/mol. The number of benzene rings is 3. The number of fused-ring (bicyclic) bond motifs is 2. The Morgan fingerprint density at radius 2 is 1.43 bits per heavy atom. The Labute approximate surface area is 127 Å². The Kier molecular flexibility index (Phi) is 3.69. The van der Waals surface area contributed by atoms with E-state index in [0.29, 0.717) is 0 Å². The first-order chi connectivity index (χ1) is 10.0. The van der Waals surface area contributed by atoms with E-state index >= 15 is 0 Å². The van der Waals surface area contributed by atoms with Gasteiger partial charge in [0.15, 0.2) is 0 Å². The van der Waals surface area contributed by atoms with Crippen LogP contribution in [0.3, 0.4) is 0 Å². The third-order valence-corrected chi connectivity index (χ3v) is 4.11. The van der Waals surface area contributed by atoms with Crippen LogP contribution in [0, 0.1) is 0 Å². The van der Waals surface area contributed by atoms with Crippen LogP contribution in [-0.4, -0.2) is 32.2 Å². The van der Waals surface area contributed by atoms with Gasteiger partial charge in [0.05, 0.1) is 27.7 Å². The zero-order valence-corrected chi connectivity index (χ0v) is 13.3. The molecule has 0 aliphatic carbocycles. The lowest BCUT2D eigenvalue weighted by Crippen LogP contribution is -2.35. The molecule has 0 fully saturated rings. The summed E-state index contributed by atoms with van der Waals surface area (Å²) in [6.07, 6.45) is 2.39. The molecule has 0 aliphatic rings. The van der Waals surface area contributed by atoms with Crippen LogP contribution in [-0.2, 0) is 6.42 Å². The molecule has 0 atom stereocenters. The summed E-state index contributed by atoms with van der Waals surface area (Å²) in [6.45, 7) is 1.21. The maximum atomic E-state index is 2.35. The molecule has 108 valence electrons. The minimum absolute atomic E-state index is 1.04. The van der Waals surface area contributed by atoms with Gasteiger partial charge in [-0.25, -0.2) is 0 Å². The molecule has 0 saturated heterocycles. The summed E-state index contributed by atoms with van der Waals surface area (Å²) in [6, 6.07) is 20.0. The van der Waals surface area contributed by atoms with Crippen LogP contribution in [0.4, 0.5) is 0 Å². The smallest absolute Gasteiger partial charge is 0.0783 e. The Balaban J connectivity index is 1.97. The van der Waals surface area contributed by atoms with E-state index < -0.39 is 0 Å². The first-order valence-corrected chi connectivity index (χ1v) is 7.74. The molecule has 0 bridgehead atoms. The van der Waals surface area contributed by atoms with Crippen LogP contribution in [0.1, 0.15) is 12.0 Å². The molecule has 1 heteroatoms. The molecule has 3 rings (SSSR count). The molecule has 21 heavy (non-hydrogen) atoms. The summed E-state index contributed by atoms with van der Waals surface area (Å²) in [5.41, 5.74) is 1.48. The quantitative estimate of drug-likeness (QED) is 0.482. The molecule has 0 unspecified atom stereocenters. The highest BCUT2D eigenvalue weighted by atomic mass is 15.3. The fourth-order valence-corrected chi connectivity index (χ4v) is 2.99. The Morgan fingerprint density at radius 3 is 2.14 bits per heavy atom. The number of hydrogen-bond acceptors (Lipinski definition) is 0. The van der Waals surface area contributed by atoms with Gasteiger partial charge in [0, 0.05) is 6.42 Å². The topological polar surface area (TPSA) is 0 Å². The minimum atomic E-state index is 1.04. The summed E-state index contributed by atoms with van der Waals surface area (Å²) < 4.78 is 1.04. The van der Waals surface area contributed by atoms with E-state index in [4.69, 9.17) is 0 Å². The summed E-state index contributed by atoms with van der Waals surface area (Å²) in [5.74, 6) is 0. The molecular weight excluding hydrogens is 254 g/mol. The molecule has 1 nitrogen and oxygen atoms in total. The van der Waals surface area contributed by atoms with Gasteiger partial charge in [0.2, 0.25) is 0 Å². The Bertz CT molecular complexity index is 765. The molecule has 3 aromatic rings. The van der Waals surface area contributed by atoms with E-state index in [1.807, 2.05) is 0 Å². The van der Waals surface area contributed by atoms with Crippen LogP contribution in [0.2, 0.25) is 0 Å². The third-order valence-electron chi connectivity index (χ3n) is 4.11. The first kappa shape index (κ1) is 14.1. The number of aryl methyl sites for hydroxylation is 1. The van der Waals surface area contributed by atoms with Crippen LogP contribution in [0.5, 0.6) is 0 Å². The molecule has 3 aromatic carbocycles. The Morgan fingerprint density at radius 1 is 0.762 bits per heavy atom. The third kappa shape index (κ3) is 3.25. The zero-order chi connectivity index (χ0) is 14.9. The normalized spacial score (nSPS) is 12.1. The van der Waals surface area contributed by atoms with Crippen molar-refractivity contribution in [2.45, 2.75) is 12.8 Å². The molecule has 0 spiro atoms. The van der Waals surface area contributed by atoms with E-state index in [2.05, 4.69) is 75.7 Å². The highest BCUT2D eigenvalue weighted by Crippen LogP contribution is 2.26. The van der Waals surface area contributed by atoms with Gasteiger partial charge in [0.1, 0.15) is 0 Å². The second-order valence-electron chi connectivity index (χ2n) is 6.96. The Hall–Kier alpha value is -1.86. The van der Waals surface area contributed by atoms with Crippen LogP contribution < -0.4 is 0 Å². The van der Waals surface area contributed by atoms with E-state index in [1.54, 1.807) is 0 Å². The number of quaternary nitrogens is 1. The lowest BCUT2D eigenvalue weighted by Gasteiger charge is -2.23. The van der Waals surface area contributed by atoms with Crippen molar-refractivity contribution in [2.24, 2.45) is 0 Å². The maximum absolute atomic E-state index is 2.35. The molecular formula is C20H24N+. The van der Waals surface area contributed by atoms with Crippen molar-refractivity contribution in [1.82, 2.24) is 0 Å². The van der Waals surface area contributed by atoms with Gasteiger partial charge in [0.25, 0.3) is 0 Å². The van der Waals surface area contributed by atoms with Crippen molar-refractivity contribution in [3.63, 3.8) is 0 Å². The molecule has 0 aliphatic heterocycles. The summed E-state index contributed by atoms with van der Waals surface area (Å²) >= 11 is 0. The molecule has 0 aromatic heterocycles. The van der Waals surface area contributed by atoms with Crippen LogP contribution in [0.15, 0.2) is 54.6 Å². The van der Waals surface area contributed by atoms with Crippen molar-refractivity contribution in [2.75, 3.05) is 27.7 Å². The van der Waals surface area contributed by atoms with Gasteiger partial charge < -0.3 is 4.48 Å². The molecule has 0 amide bonds. The summed E-state index contributed by atoms with van der Waals surface area (Å²) in [4.78, 5) is 0. The van der Waals surface area contributed by atoms with Gasteiger partial charge in [-0.3, -0.25) is 0 Å². The van der Waals surface area contributed by atoms with E-state index in [0.717, 1.165) is 10.9 Å². The second-order valence-corrected chi connectivity index (χ2v) is 6.96. The fraction of sp³-hybridized carbons (Fsp3) is 0.300. The fourth-order valence-electron chi connectivity index (χ4n) is 2.99. The number of hydrogen-bond donors (Lipinski definition) is 0. The molecule has 0 radical (unpaired) electrons. The van der Waals surface area contributed by atoms with Gasteiger partial charge >= 0.3 is 0 Å². The highest BCUT2D eigenvalue weighted by Gasteiger charge is 2.08. The average molecular weight is 278 g/mol. The van der Waals surface area contributed by atoms with E-state index in [9.17, 15) is 0 Å². The van der Waals surface area contributed by atoms with Gasteiger partial charge in [-0.05, 0) is 45.7 Å². The van der Waals surface area contributed by atoms with E-state index in [-0.39, 0.29) is 0 Å². The maximum Gasteiger partial charge on any atom is 0.0783 e. The number of nitrogens with zero attached hydrogens (tertiary/aromatic N) is 1. The van der Waals surface area contributed by atoms with Crippen molar-refractivity contribution in [1.29, 1.82) is 0 Å². The van der Waals surface area contributed by atoms with Gasteiger partial charge in [-0.2, -0.15) is 0 Å². The second kappa shape index (κ2) is 5.50. The van der Waals surface area contributed by atoms with Crippen molar-refractivity contribution < 1.29 is 4.48 Å². The first-order valence-electron chi connectivity index (χ1n) is 7.74. The largest absolute Gasteiger partial charge is 0.331 e. The zero-order valence-electron chi connectivity index (χ0n) is 13.3. The van der Waals surface area contributed by atoms with Gasteiger partial charge in [-0.15, -0.1) is 0 Å². The van der Waals surface area contributed by atoms with Gasteiger partial charge in [-0.1, -0.05) is 42.5 Å². The highest BCUT2D eigenvalue weighted by molar-refractivity contribution is 5.99. The van der Waals surface area contributed by atoms with Crippen LogP contribution >= 0.6 is 0 Å². The summed E-state index contributed by atoms with van der Waals surface area (Å²) in [7, 11) is 6.78. The van der Waals surface area contributed by atoms with Crippen LogP contribution in [0.25, 0.3) is 21.5 Å². The minimum Gasteiger partial charge on any atom is -0.331 e. The summed E-state index contributed by atoms with van der Waals surface area (Å²) in [5, 5.41) is 5.44. The van der Waals surface area contributed by atoms with Crippen molar-refractivity contribution in [3.05, 3.63) is 60.2 Å². The monoisotopic (exact) mass is 278 g/mol. The lowest BCUT2D eigenvalue weighted by molar-refractivity contribution is -0.870. The SMILES string of the molecule is C[N+](C)(C)CCCc1cccc2cc3ccccc3cc12. The predicted octanol–water partition coefficient (Wildman–Crippen LogP) is 4.63. The van der Waals surface area contributed by atoms with Crippen molar-refractivity contribution >= 4 is 21.5 Å². The number of rotatable bonds is 4.